The van der Waals surface area contributed by atoms with E-state index in [0.29, 0.717) is 81.1 Å². The highest BCUT2D eigenvalue weighted by Gasteiger charge is 2.54. The Hall–Kier alpha value is -6.84. The Morgan fingerprint density at radius 1 is 0.821 bits per heavy atom. The lowest BCUT2D eigenvalue weighted by atomic mass is 9.56. The van der Waals surface area contributed by atoms with E-state index in [9.17, 15) is 35.4 Å². The van der Waals surface area contributed by atoms with Crippen molar-refractivity contribution in [2.45, 2.75) is 145 Å². The summed E-state index contributed by atoms with van der Waals surface area (Å²) in [4.78, 5) is 33.8. The molecule has 442 valence electrons. The van der Waals surface area contributed by atoms with Crippen molar-refractivity contribution in [1.82, 2.24) is 15.6 Å². The van der Waals surface area contributed by atoms with Gasteiger partial charge in [-0.15, -0.1) is 5.92 Å². The van der Waals surface area contributed by atoms with Gasteiger partial charge in [-0.2, -0.15) is 0 Å². The van der Waals surface area contributed by atoms with Crippen LogP contribution in [0.25, 0.3) is 10.8 Å². The zero-order valence-corrected chi connectivity index (χ0v) is 48.7. The number of ether oxygens (including phenoxy) is 1. The van der Waals surface area contributed by atoms with Crippen molar-refractivity contribution in [3.63, 3.8) is 0 Å². The lowest BCUT2D eigenvalue weighted by Crippen LogP contribution is -2.53. The molecule has 13 atom stereocenters. The summed E-state index contributed by atoms with van der Waals surface area (Å²) < 4.78 is 5.58. The number of aromatic amines is 1. The number of β-amino-alcohol motifs (C(OH)–C–C–N with tert-alkyl or cyclic N) is 1. The van der Waals surface area contributed by atoms with Crippen molar-refractivity contribution < 1.29 is 45.0 Å². The summed E-state index contributed by atoms with van der Waals surface area (Å²) in [6, 6.07) is 25.3. The zero-order valence-electron chi connectivity index (χ0n) is 48.7. The minimum atomic E-state index is -1.90. The van der Waals surface area contributed by atoms with Crippen LogP contribution >= 0.6 is 0 Å². The van der Waals surface area contributed by atoms with Crippen molar-refractivity contribution in [2.24, 2.45) is 41.4 Å². The molecule has 4 aromatic carbocycles. The maximum absolute atomic E-state index is 15.6. The van der Waals surface area contributed by atoms with E-state index in [2.05, 4.69) is 76.0 Å². The summed E-state index contributed by atoms with van der Waals surface area (Å²) in [6.45, 7) is 3.55. The molecule has 13 unspecified atom stereocenters. The van der Waals surface area contributed by atoms with Crippen molar-refractivity contribution >= 4 is 28.0 Å². The molecule has 84 heavy (non-hydrogen) atoms. The number of aryl methyl sites for hydroxylation is 1. The number of carbonyl (C=O) groups excluding carboxylic acids is 2. The molecule has 2 fully saturated rings. The molecule has 1 aromatic heterocycles. The van der Waals surface area contributed by atoms with Crippen molar-refractivity contribution in [3.8, 4) is 40.9 Å². The van der Waals surface area contributed by atoms with Gasteiger partial charge >= 0.3 is 0 Å². The van der Waals surface area contributed by atoms with Gasteiger partial charge in [0.1, 0.15) is 11.6 Å². The summed E-state index contributed by atoms with van der Waals surface area (Å²) in [5.74, 6) is 11.7. The lowest BCUT2D eigenvalue weighted by Gasteiger charge is -2.49. The van der Waals surface area contributed by atoms with Gasteiger partial charge in [0.25, 0.3) is 0 Å². The van der Waals surface area contributed by atoms with Crippen LogP contribution in [0.4, 0.5) is 5.69 Å². The Morgan fingerprint density at radius 2 is 1.65 bits per heavy atom. The van der Waals surface area contributed by atoms with Gasteiger partial charge in [0.05, 0.1) is 30.7 Å². The number of aliphatic hydroxyl groups is 4. The topological polar surface area (TPSA) is 217 Å². The van der Waals surface area contributed by atoms with E-state index < -0.39 is 53.0 Å². The first-order chi connectivity index (χ1) is 40.8. The van der Waals surface area contributed by atoms with Crippen LogP contribution in [0.5, 0.6) is 17.2 Å². The number of hydrogen-bond donors (Lipinski definition) is 10. The fourth-order valence-electron chi connectivity index (χ4n) is 15.5. The van der Waals surface area contributed by atoms with Crippen molar-refractivity contribution in [2.75, 3.05) is 38.7 Å². The van der Waals surface area contributed by atoms with Crippen molar-refractivity contribution in [3.05, 3.63) is 142 Å². The number of aromatic nitrogens is 1. The van der Waals surface area contributed by atoms with Crippen molar-refractivity contribution in [1.29, 1.82) is 0 Å². The van der Waals surface area contributed by atoms with E-state index in [1.165, 1.54) is 7.11 Å². The van der Waals surface area contributed by atoms with Gasteiger partial charge < -0.3 is 56.3 Å². The van der Waals surface area contributed by atoms with Gasteiger partial charge in [-0.05, 0) is 169 Å². The second-order valence-corrected chi connectivity index (χ2v) is 25.1. The van der Waals surface area contributed by atoms with Gasteiger partial charge in [0.2, 0.25) is 0 Å². The van der Waals surface area contributed by atoms with Gasteiger partial charge in [-0.1, -0.05) is 98.6 Å². The molecule has 5 aromatic rings. The number of nitrogens with one attached hydrogen (secondary N) is 4. The molecule has 0 saturated heterocycles. The number of aromatic hydroxyl groups is 2. The first-order valence-corrected chi connectivity index (χ1v) is 31.1. The van der Waals surface area contributed by atoms with Gasteiger partial charge in [0.15, 0.2) is 29.2 Å². The minimum absolute atomic E-state index is 0.0276. The molecule has 13 nitrogen and oxygen atoms in total. The number of rotatable bonds is 5. The molecule has 6 aliphatic rings. The number of carbonyl (C=O) groups is 2. The normalized spacial score (nSPS) is 30.5. The summed E-state index contributed by atoms with van der Waals surface area (Å²) in [5, 5.41) is 83.7. The molecule has 0 amide bonds. The zero-order chi connectivity index (χ0) is 58.5. The monoisotopic (exact) mass is 1140 g/mol. The smallest absolute Gasteiger partial charge is 0.173 e. The molecule has 10 N–H and O–H groups in total. The van der Waals surface area contributed by atoms with E-state index in [-0.39, 0.29) is 78.6 Å². The minimum Gasteiger partial charge on any atom is -0.507 e. The Balaban J connectivity index is 1.10. The van der Waals surface area contributed by atoms with Crippen LogP contribution in [-0.2, 0) is 27.8 Å². The standard InChI is InChI=1S/C71H84N4O9/c1-43-40-72-42-55(77)33-49-20-19-45-21-24-54(38-61(45)67(49)80)75-66-37-48(27-29-73-66)56(18-12-30-76)50-31-46-22-25-57(44-13-6-5-7-14-44)59-39-63(79)64(84-2)35-47(59)23-26-62(78)69(82)68(81)60(46)34-51(32-50)58-17-9-4-3-8-15-53-16-10-11-28-71(53,70(58)83)65-36-52(43)41-74-65/h5-7,13-14,19-21,24,27,35-39,41,43,46,50-51,53,55-58,60,69-70,72-77,79-80,82-83H,3-4,9-12,16-18,23,26,28-34,40,42H2,1-2H3. The third-order valence-corrected chi connectivity index (χ3v) is 20.0. The number of phenolic OH excluding ortho intramolecular Hbond substituents is 2. The highest BCUT2D eigenvalue weighted by atomic mass is 16.5. The molecule has 2 aliphatic heterocycles. The lowest BCUT2D eigenvalue weighted by molar-refractivity contribution is -0.142. The molecule has 3 heterocycles. The fraction of sp³-hybridized carbons (Fsp3) is 0.493. The Labute approximate surface area is 494 Å². The summed E-state index contributed by atoms with van der Waals surface area (Å²) in [6.07, 6.45) is 12.2. The van der Waals surface area contributed by atoms with Crippen LogP contribution in [-0.4, -0.2) is 98.9 Å². The van der Waals surface area contributed by atoms with Crippen LogP contribution in [0.15, 0.2) is 109 Å². The first-order valence-electron chi connectivity index (χ1n) is 31.1. The third kappa shape index (κ3) is 12.3. The molecule has 11 rings (SSSR count). The van der Waals surface area contributed by atoms with E-state index in [1.54, 1.807) is 12.1 Å². The number of H-pyrrole nitrogens is 1. The number of fused-ring (bicyclic) bond motifs is 11. The largest absolute Gasteiger partial charge is 0.507 e. The number of dihydropyridines is 1. The Morgan fingerprint density at radius 3 is 2.49 bits per heavy atom. The highest BCUT2D eigenvalue weighted by Crippen LogP contribution is 2.54. The van der Waals surface area contributed by atoms with Crippen LogP contribution in [0, 0.1) is 65.1 Å². The average Bonchev–Trinajstić information content (AvgIpc) is 4.15. The average molecular weight is 1140 g/mol. The van der Waals surface area contributed by atoms with Gasteiger partial charge in [0, 0.05) is 86.2 Å². The number of ketones is 2. The van der Waals surface area contributed by atoms with Crippen LogP contribution in [0.2, 0.25) is 0 Å². The molecule has 2 saturated carbocycles. The van der Waals surface area contributed by atoms with E-state index >= 15 is 4.79 Å². The predicted octanol–water partition coefficient (Wildman–Crippen LogP) is 9.98. The van der Waals surface area contributed by atoms with E-state index in [4.69, 9.17) is 4.74 Å². The Kier molecular flexibility index (Phi) is 18.4. The molecule has 4 aliphatic carbocycles. The molecular formula is C71H84N4O9. The number of methoxy groups -OCH3 is 1. The number of benzene rings is 4. The molecule has 13 heteroatoms. The van der Waals surface area contributed by atoms with Crippen LogP contribution < -0.4 is 20.7 Å². The second-order valence-electron chi connectivity index (χ2n) is 25.1. The predicted molar refractivity (Wildman–Crippen MR) is 327 cm³/mol. The van der Waals surface area contributed by atoms with Crippen LogP contribution in [0.3, 0.4) is 0 Å². The van der Waals surface area contributed by atoms with Crippen LogP contribution in [0.1, 0.15) is 142 Å². The van der Waals surface area contributed by atoms with Gasteiger partial charge in [-0.3, -0.25) is 9.59 Å². The first kappa shape index (κ1) is 58.9. The number of Topliss-reactive ketones (excluding diaryl/α,β-unsaturated/α-hetero) is 2. The second kappa shape index (κ2) is 26.2. The van der Waals surface area contributed by atoms with Gasteiger partial charge in [-0.25, -0.2) is 0 Å². The summed E-state index contributed by atoms with van der Waals surface area (Å²) in [7, 11) is 1.48. The quantitative estimate of drug-likeness (QED) is 0.0588. The number of hydrogen-bond acceptors (Lipinski definition) is 12. The number of phenols is 2. The molecule has 0 radical (unpaired) electrons. The van der Waals surface area contributed by atoms with E-state index in [0.717, 1.165) is 83.4 Å². The number of allylic oxidation sites excluding steroid dienone is 2. The maximum atomic E-state index is 15.6. The molecule has 11 bridgehead atoms. The fourth-order valence-corrected chi connectivity index (χ4v) is 15.5. The molecular weight excluding hydrogens is 1050 g/mol. The third-order valence-electron chi connectivity index (χ3n) is 20.0. The summed E-state index contributed by atoms with van der Waals surface area (Å²) in [5.41, 5.74) is 6.06. The number of aliphatic hydroxyl groups excluding tert-OH is 4. The Bertz CT molecular complexity index is 3380. The number of anilines is 1. The highest BCUT2D eigenvalue weighted by molar-refractivity contribution is 6.06. The summed E-state index contributed by atoms with van der Waals surface area (Å²) >= 11 is 0. The maximum Gasteiger partial charge on any atom is 0.173 e. The van der Waals surface area contributed by atoms with E-state index in [1.807, 2.05) is 60.7 Å². The molecule has 1 spiro atoms. The SMILES string of the molecule is COc1cc2c(cc1O)C(c1ccccc1)C#CC1CC3CC(CC1C(=O)C(O)C(=O)CC2)C1CCCCC#CC2CCCCC2(c2cc(c[nH]2)C(C)CNCC(O)Cc2ccc4ccc(cc4c2O)NC2=CC(=CCN2)C3CCCO)C1O.